The lowest BCUT2D eigenvalue weighted by Gasteiger charge is -2.12. The molecule has 212 valence electrons. The van der Waals surface area contributed by atoms with Crippen molar-refractivity contribution < 1.29 is 38.0 Å². The molecule has 0 unspecified atom stereocenters. The Hall–Kier alpha value is -2.87. The van der Waals surface area contributed by atoms with E-state index in [0.717, 1.165) is 0 Å². The zero-order valence-corrected chi connectivity index (χ0v) is 24.9. The summed E-state index contributed by atoms with van der Waals surface area (Å²) in [6.45, 7) is 3.02. The molecule has 0 radical (unpaired) electrons. The van der Waals surface area contributed by atoms with Gasteiger partial charge in [-0.05, 0) is 62.2 Å². The molecule has 10 nitrogen and oxygen atoms in total. The number of rotatable bonds is 15. The fourth-order valence-corrected chi connectivity index (χ4v) is 4.79. The van der Waals surface area contributed by atoms with Crippen molar-refractivity contribution in [2.75, 3.05) is 60.0 Å². The molecule has 0 aliphatic rings. The molecule has 40 heavy (non-hydrogen) atoms. The van der Waals surface area contributed by atoms with E-state index in [1.54, 1.807) is 31.4 Å². The van der Waals surface area contributed by atoms with Gasteiger partial charge in [-0.1, -0.05) is 18.2 Å². The van der Waals surface area contributed by atoms with Crippen molar-refractivity contribution in [2.45, 2.75) is 0 Å². The van der Waals surface area contributed by atoms with Crippen LogP contribution in [0.5, 0.6) is 17.2 Å². The van der Waals surface area contributed by atoms with E-state index in [4.69, 9.17) is 43.1 Å². The fraction of sp³-hybridized carbons (Fsp3) is 0.321. The number of para-hydroxylation sites is 1. The summed E-state index contributed by atoms with van der Waals surface area (Å²) in [5, 5.41) is 0. The Labute approximate surface area is 248 Å². The third-order valence-corrected chi connectivity index (χ3v) is 6.53. The average Bonchev–Trinajstić information content (AvgIpc) is 2.95. The Morgan fingerprint density at radius 2 is 1.35 bits per heavy atom. The summed E-state index contributed by atoms with van der Waals surface area (Å²) in [7, 11) is 1.62. The maximum atomic E-state index is 12.4. The Balaban J connectivity index is 1.31. The van der Waals surface area contributed by atoms with Gasteiger partial charge in [0.05, 0.1) is 61.8 Å². The van der Waals surface area contributed by atoms with E-state index in [9.17, 15) is 4.79 Å². The standard InChI is InChI=1S/C28H28Br2N2O8/c1-34-9-10-35-11-12-36-13-14-37-15-16-38-28(33)40-27-22(30)18-21(29)25-26(27)31-23-8-7-20(17-24(23)32-25)39-19-5-3-2-4-6-19/h2-8,17-18H,9-16H2,1H3. The summed E-state index contributed by atoms with van der Waals surface area (Å²) in [5.74, 6) is 1.54. The number of benzene rings is 3. The van der Waals surface area contributed by atoms with Crippen LogP contribution in [0.4, 0.5) is 4.79 Å². The van der Waals surface area contributed by atoms with Crippen molar-refractivity contribution in [1.29, 1.82) is 0 Å². The maximum Gasteiger partial charge on any atom is 0.514 e. The Bertz CT molecular complexity index is 1410. The van der Waals surface area contributed by atoms with Crippen molar-refractivity contribution in [3.05, 3.63) is 63.5 Å². The van der Waals surface area contributed by atoms with Crippen molar-refractivity contribution in [2.24, 2.45) is 0 Å². The predicted molar refractivity (Wildman–Crippen MR) is 155 cm³/mol. The van der Waals surface area contributed by atoms with Gasteiger partial charge in [-0.3, -0.25) is 0 Å². The van der Waals surface area contributed by atoms with E-state index in [1.165, 1.54) is 0 Å². The third kappa shape index (κ3) is 8.82. The van der Waals surface area contributed by atoms with Crippen LogP contribution >= 0.6 is 31.9 Å². The van der Waals surface area contributed by atoms with Crippen LogP contribution in [0.3, 0.4) is 0 Å². The van der Waals surface area contributed by atoms with Gasteiger partial charge in [-0.25, -0.2) is 14.8 Å². The highest BCUT2D eigenvalue weighted by Crippen LogP contribution is 2.38. The van der Waals surface area contributed by atoms with Crippen LogP contribution in [0, 0.1) is 0 Å². The molecule has 0 amide bonds. The molecule has 12 heteroatoms. The first kappa shape index (κ1) is 30.1. The van der Waals surface area contributed by atoms with Gasteiger partial charge >= 0.3 is 6.16 Å². The van der Waals surface area contributed by atoms with Gasteiger partial charge in [0.2, 0.25) is 0 Å². The summed E-state index contributed by atoms with van der Waals surface area (Å²) in [4.78, 5) is 21.9. The first-order valence-corrected chi connectivity index (χ1v) is 14.0. The molecule has 0 spiro atoms. The number of carbonyl (C=O) groups is 1. The second-order valence-corrected chi connectivity index (χ2v) is 9.89. The van der Waals surface area contributed by atoms with Crippen LogP contribution in [0.1, 0.15) is 0 Å². The molecule has 1 aromatic heterocycles. The van der Waals surface area contributed by atoms with Crippen molar-refractivity contribution in [3.63, 3.8) is 0 Å². The number of aromatic nitrogens is 2. The Morgan fingerprint density at radius 1 is 0.700 bits per heavy atom. The number of nitrogens with zero attached hydrogens (tertiary/aromatic N) is 2. The highest BCUT2D eigenvalue weighted by atomic mass is 79.9. The molecule has 0 saturated heterocycles. The van der Waals surface area contributed by atoms with Crippen molar-refractivity contribution in [1.82, 2.24) is 9.97 Å². The molecule has 1 heterocycles. The predicted octanol–water partition coefficient (Wildman–Crippen LogP) is 6.31. The zero-order chi connectivity index (χ0) is 28.2. The van der Waals surface area contributed by atoms with Gasteiger partial charge in [0, 0.05) is 17.6 Å². The summed E-state index contributed by atoms with van der Waals surface area (Å²) < 4.78 is 38.8. The lowest BCUT2D eigenvalue weighted by molar-refractivity contribution is -0.00449. The molecule has 0 saturated carbocycles. The van der Waals surface area contributed by atoms with Crippen LogP contribution in [0.15, 0.2) is 63.5 Å². The SMILES string of the molecule is COCCOCCOCCOCCOC(=O)Oc1c(Br)cc(Br)c2nc3cc(Oc4ccccc4)ccc3nc12. The zero-order valence-electron chi connectivity index (χ0n) is 21.8. The number of fused-ring (bicyclic) bond motifs is 2. The van der Waals surface area contributed by atoms with E-state index in [2.05, 4.69) is 31.9 Å². The minimum absolute atomic E-state index is 0.0177. The molecule has 0 aliphatic carbocycles. The van der Waals surface area contributed by atoms with Crippen LogP contribution in [-0.2, 0) is 23.7 Å². The van der Waals surface area contributed by atoms with E-state index in [1.807, 2.05) is 30.3 Å². The van der Waals surface area contributed by atoms with Gasteiger partial charge in [-0.15, -0.1) is 0 Å². The molecule has 0 fully saturated rings. The van der Waals surface area contributed by atoms with E-state index in [-0.39, 0.29) is 19.0 Å². The highest BCUT2D eigenvalue weighted by Gasteiger charge is 2.19. The van der Waals surface area contributed by atoms with Crippen LogP contribution in [-0.4, -0.2) is 76.1 Å². The molecular weight excluding hydrogens is 652 g/mol. The Morgan fingerprint density at radius 3 is 2.05 bits per heavy atom. The van der Waals surface area contributed by atoms with Crippen molar-refractivity contribution in [3.8, 4) is 17.2 Å². The summed E-state index contributed by atoms with van der Waals surface area (Å²) in [5.41, 5.74) is 2.13. The largest absolute Gasteiger partial charge is 0.514 e. The number of ether oxygens (including phenoxy) is 7. The summed E-state index contributed by atoms with van der Waals surface area (Å²) in [6, 6.07) is 16.6. The number of hydrogen-bond donors (Lipinski definition) is 0. The minimum atomic E-state index is -0.883. The lowest BCUT2D eigenvalue weighted by Crippen LogP contribution is -2.16. The molecule has 4 rings (SSSR count). The van der Waals surface area contributed by atoms with E-state index in [0.29, 0.717) is 82.2 Å². The molecule has 4 aromatic rings. The average molecular weight is 680 g/mol. The highest BCUT2D eigenvalue weighted by molar-refractivity contribution is 9.11. The van der Waals surface area contributed by atoms with E-state index < -0.39 is 6.16 Å². The summed E-state index contributed by atoms with van der Waals surface area (Å²) in [6.07, 6.45) is -0.883. The van der Waals surface area contributed by atoms with Crippen molar-refractivity contribution >= 4 is 60.1 Å². The Kier molecular flexibility index (Phi) is 11.9. The number of hydrogen-bond acceptors (Lipinski definition) is 10. The maximum absolute atomic E-state index is 12.4. The molecule has 0 bridgehead atoms. The minimum Gasteiger partial charge on any atom is -0.457 e. The number of halogens is 2. The van der Waals surface area contributed by atoms with Crippen LogP contribution in [0.25, 0.3) is 22.1 Å². The molecule has 3 aromatic carbocycles. The van der Waals surface area contributed by atoms with Gasteiger partial charge in [-0.2, -0.15) is 0 Å². The monoisotopic (exact) mass is 678 g/mol. The number of methoxy groups -OCH3 is 1. The second kappa shape index (κ2) is 15.8. The topological polar surface area (TPSA) is 107 Å². The smallest absolute Gasteiger partial charge is 0.457 e. The normalized spacial score (nSPS) is 11.2. The lowest BCUT2D eigenvalue weighted by atomic mass is 10.2. The second-order valence-electron chi connectivity index (χ2n) is 8.19. The molecular formula is C28H28Br2N2O8. The molecule has 0 N–H and O–H groups in total. The third-order valence-electron chi connectivity index (χ3n) is 5.34. The quantitative estimate of drug-likeness (QED) is 0.0614. The van der Waals surface area contributed by atoms with Gasteiger partial charge in [0.1, 0.15) is 29.1 Å². The molecule has 0 aliphatic heterocycles. The van der Waals surface area contributed by atoms with Gasteiger partial charge < -0.3 is 33.2 Å². The summed E-state index contributed by atoms with van der Waals surface area (Å²) >= 11 is 6.97. The van der Waals surface area contributed by atoms with E-state index >= 15 is 0 Å². The van der Waals surface area contributed by atoms with Gasteiger partial charge in [0.25, 0.3) is 0 Å². The first-order chi connectivity index (χ1) is 19.5. The number of carbonyl (C=O) groups excluding carboxylic acids is 1. The van der Waals surface area contributed by atoms with Crippen LogP contribution in [0.2, 0.25) is 0 Å². The fourth-order valence-electron chi connectivity index (χ4n) is 3.48. The molecule has 0 atom stereocenters. The van der Waals surface area contributed by atoms with Gasteiger partial charge in [0.15, 0.2) is 5.75 Å². The first-order valence-electron chi connectivity index (χ1n) is 12.4. The van der Waals surface area contributed by atoms with Crippen LogP contribution < -0.4 is 9.47 Å².